The van der Waals surface area contributed by atoms with E-state index in [9.17, 15) is 22.7 Å². The van der Waals surface area contributed by atoms with Crippen LogP contribution in [0.1, 0.15) is 43.4 Å². The number of aliphatic hydroxyl groups is 1. The normalized spacial score (nSPS) is 19.1. The number of hydrogen-bond acceptors (Lipinski definition) is 6. The van der Waals surface area contributed by atoms with E-state index in [0.717, 1.165) is 23.3 Å². The first-order chi connectivity index (χ1) is 19.8. The molecule has 220 valence electrons. The van der Waals surface area contributed by atoms with Crippen LogP contribution in [0.25, 0.3) is 0 Å². The first-order valence-corrected chi connectivity index (χ1v) is 13.7. The van der Waals surface area contributed by atoms with Crippen LogP contribution in [0.3, 0.4) is 0 Å². The predicted molar refractivity (Wildman–Crippen MR) is 160 cm³/mol. The molecule has 1 heterocycles. The zero-order valence-corrected chi connectivity index (χ0v) is 23.7. The van der Waals surface area contributed by atoms with Crippen molar-refractivity contribution in [1.29, 1.82) is 0 Å². The second-order valence-electron chi connectivity index (χ2n) is 9.75. The Morgan fingerprint density at radius 2 is 1.79 bits per heavy atom. The molecular formula is C29H28F4N6O2S. The summed E-state index contributed by atoms with van der Waals surface area (Å²) in [5.41, 5.74) is 7.94. The lowest BCUT2D eigenvalue weighted by Crippen LogP contribution is -2.45. The van der Waals surface area contributed by atoms with Gasteiger partial charge < -0.3 is 15.6 Å². The van der Waals surface area contributed by atoms with Gasteiger partial charge in [-0.3, -0.25) is 4.90 Å². The molecule has 42 heavy (non-hydrogen) atoms. The topological polar surface area (TPSA) is 108 Å². The van der Waals surface area contributed by atoms with Crippen molar-refractivity contribution >= 4 is 46.7 Å². The number of ether oxygens (including phenoxy) is 1. The van der Waals surface area contributed by atoms with Crippen molar-refractivity contribution < 1.29 is 27.4 Å². The molecule has 1 unspecified atom stereocenters. The first kappa shape index (κ1) is 30.7. The summed E-state index contributed by atoms with van der Waals surface area (Å²) >= 11 is 1.35. The highest BCUT2D eigenvalue weighted by molar-refractivity contribution is 8.14. The van der Waals surface area contributed by atoms with E-state index >= 15 is 0 Å². The Morgan fingerprint density at radius 3 is 2.43 bits per heavy atom. The number of amidine groups is 2. The van der Waals surface area contributed by atoms with Crippen molar-refractivity contribution in [3.05, 3.63) is 89.2 Å². The van der Waals surface area contributed by atoms with Crippen LogP contribution in [0.5, 0.6) is 5.75 Å². The maximum Gasteiger partial charge on any atom is 0.573 e. The standard InChI is InChI=1S/C29H28F4N6O2S/c1-18(2)24-14-21(30)8-13-25(24)39-27(42-16-28(39,3)40)38-37-15-19-4-6-20(7-5-19)26(34)36-17-35-22-9-11-23(12-10-22)41-29(31,32)33/h4-15,17-18,40H,16H2,1-3H3,(H2,34,35,36)/b37-15+,38-27-. The van der Waals surface area contributed by atoms with E-state index in [1.807, 2.05) is 13.8 Å². The van der Waals surface area contributed by atoms with Gasteiger partial charge in [0.25, 0.3) is 0 Å². The molecule has 0 radical (unpaired) electrons. The van der Waals surface area contributed by atoms with Gasteiger partial charge in [-0.25, -0.2) is 14.4 Å². The van der Waals surface area contributed by atoms with Gasteiger partial charge in [0.05, 0.1) is 11.9 Å². The Morgan fingerprint density at radius 1 is 1.10 bits per heavy atom. The molecule has 1 saturated heterocycles. The van der Waals surface area contributed by atoms with E-state index in [2.05, 4.69) is 24.9 Å². The average molecular weight is 601 g/mol. The molecule has 4 rings (SSSR count). The van der Waals surface area contributed by atoms with Crippen molar-refractivity contribution in [2.24, 2.45) is 25.9 Å². The van der Waals surface area contributed by atoms with Crippen LogP contribution in [0.4, 0.5) is 28.9 Å². The molecule has 8 nitrogen and oxygen atoms in total. The molecule has 3 aromatic rings. The van der Waals surface area contributed by atoms with Crippen LogP contribution in [-0.2, 0) is 0 Å². The van der Waals surface area contributed by atoms with Gasteiger partial charge in [-0.1, -0.05) is 49.9 Å². The van der Waals surface area contributed by atoms with Gasteiger partial charge in [-0.05, 0) is 66.4 Å². The summed E-state index contributed by atoms with van der Waals surface area (Å²) in [5.74, 6) is -0.125. The Balaban J connectivity index is 1.43. The third kappa shape index (κ3) is 7.95. The van der Waals surface area contributed by atoms with E-state index in [4.69, 9.17) is 5.73 Å². The number of hydrogen-bond donors (Lipinski definition) is 2. The van der Waals surface area contributed by atoms with Crippen LogP contribution in [-0.4, -0.2) is 46.5 Å². The van der Waals surface area contributed by atoms with Gasteiger partial charge in [0.2, 0.25) is 0 Å². The molecule has 3 aromatic carbocycles. The summed E-state index contributed by atoms with van der Waals surface area (Å²) in [5, 5.41) is 20.1. The maximum absolute atomic E-state index is 13.9. The van der Waals surface area contributed by atoms with E-state index < -0.39 is 12.1 Å². The number of alkyl halides is 3. The van der Waals surface area contributed by atoms with Crippen LogP contribution in [0, 0.1) is 5.82 Å². The lowest BCUT2D eigenvalue weighted by Gasteiger charge is -2.32. The van der Waals surface area contributed by atoms with E-state index in [-0.39, 0.29) is 23.3 Å². The fourth-order valence-electron chi connectivity index (χ4n) is 4.01. The lowest BCUT2D eigenvalue weighted by atomic mass is 9.99. The number of anilines is 1. The highest BCUT2D eigenvalue weighted by Gasteiger charge is 2.41. The van der Waals surface area contributed by atoms with Gasteiger partial charge in [0.1, 0.15) is 23.7 Å². The van der Waals surface area contributed by atoms with E-state index in [1.165, 1.54) is 42.4 Å². The molecule has 3 N–H and O–H groups in total. The summed E-state index contributed by atoms with van der Waals surface area (Å²) in [4.78, 5) is 9.80. The number of halogens is 4. The predicted octanol–water partition coefficient (Wildman–Crippen LogP) is 6.56. The second-order valence-corrected chi connectivity index (χ2v) is 10.7. The molecule has 0 amide bonds. The molecule has 0 aliphatic carbocycles. The fourth-order valence-corrected chi connectivity index (χ4v) is 5.08. The Kier molecular flexibility index (Phi) is 9.32. The van der Waals surface area contributed by atoms with Gasteiger partial charge in [0.15, 0.2) is 10.9 Å². The third-order valence-electron chi connectivity index (χ3n) is 6.03. The summed E-state index contributed by atoms with van der Waals surface area (Å²) < 4.78 is 54.6. The number of aliphatic imine (C=N–C) groups is 2. The monoisotopic (exact) mass is 600 g/mol. The number of thioether (sulfide) groups is 1. The quantitative estimate of drug-likeness (QED) is 0.132. The van der Waals surface area contributed by atoms with Crippen molar-refractivity contribution in [2.75, 3.05) is 10.7 Å². The van der Waals surface area contributed by atoms with Gasteiger partial charge in [-0.15, -0.1) is 18.3 Å². The van der Waals surface area contributed by atoms with Gasteiger partial charge in [0, 0.05) is 17.0 Å². The minimum Gasteiger partial charge on any atom is -0.406 e. The van der Waals surface area contributed by atoms with Crippen molar-refractivity contribution in [2.45, 2.75) is 38.8 Å². The molecule has 0 spiro atoms. The minimum absolute atomic E-state index is 0.0240. The summed E-state index contributed by atoms with van der Waals surface area (Å²) in [6.07, 6.45) is -2.01. The molecular weight excluding hydrogens is 572 g/mol. The summed E-state index contributed by atoms with van der Waals surface area (Å²) in [6, 6.07) is 16.5. The Hall–Kier alpha value is -4.23. The molecule has 1 aliphatic heterocycles. The number of nitrogens with zero attached hydrogens (tertiary/aromatic N) is 5. The SMILES string of the molecule is CC(C)c1cc(F)ccc1N1/C(=N/N=C/c2ccc(C(N)=NC=Nc3ccc(OC(F)(F)F)cc3)cc2)SCC1(C)O. The molecule has 0 saturated carbocycles. The Labute approximate surface area is 244 Å². The van der Waals surface area contributed by atoms with Gasteiger partial charge >= 0.3 is 6.36 Å². The summed E-state index contributed by atoms with van der Waals surface area (Å²) in [6.45, 7) is 5.59. The van der Waals surface area contributed by atoms with Crippen molar-refractivity contribution in [3.63, 3.8) is 0 Å². The number of rotatable bonds is 8. The first-order valence-electron chi connectivity index (χ1n) is 12.7. The molecule has 0 aromatic heterocycles. The zero-order chi connectivity index (χ0) is 30.5. The molecule has 13 heteroatoms. The fraction of sp³-hybridized carbons (Fsp3) is 0.241. The van der Waals surface area contributed by atoms with Crippen LogP contribution >= 0.6 is 11.8 Å². The Bertz CT molecular complexity index is 1520. The van der Waals surface area contributed by atoms with Crippen LogP contribution in [0.2, 0.25) is 0 Å². The largest absolute Gasteiger partial charge is 0.573 e. The highest BCUT2D eigenvalue weighted by Crippen LogP contribution is 2.40. The van der Waals surface area contributed by atoms with E-state index in [0.29, 0.717) is 27.9 Å². The molecule has 1 aliphatic rings. The smallest absolute Gasteiger partial charge is 0.406 e. The molecule has 1 atom stereocenters. The third-order valence-corrected chi connectivity index (χ3v) is 7.24. The van der Waals surface area contributed by atoms with Gasteiger partial charge in [-0.2, -0.15) is 5.10 Å². The minimum atomic E-state index is -4.76. The summed E-state index contributed by atoms with van der Waals surface area (Å²) in [7, 11) is 0. The molecule has 0 bridgehead atoms. The zero-order valence-electron chi connectivity index (χ0n) is 22.9. The van der Waals surface area contributed by atoms with Crippen molar-refractivity contribution in [1.82, 2.24) is 0 Å². The number of nitrogens with two attached hydrogens (primary N) is 1. The highest BCUT2D eigenvalue weighted by atomic mass is 32.2. The van der Waals surface area contributed by atoms with Crippen molar-refractivity contribution in [3.8, 4) is 5.75 Å². The number of benzene rings is 3. The average Bonchev–Trinajstić information content (AvgIpc) is 3.22. The van der Waals surface area contributed by atoms with Crippen LogP contribution in [0.15, 0.2) is 86.9 Å². The molecule has 1 fully saturated rings. The maximum atomic E-state index is 13.9. The second kappa shape index (κ2) is 12.7. The van der Waals surface area contributed by atoms with E-state index in [1.54, 1.807) is 48.4 Å². The van der Waals surface area contributed by atoms with Crippen LogP contribution < -0.4 is 15.4 Å². The lowest BCUT2D eigenvalue weighted by molar-refractivity contribution is -0.274.